The Morgan fingerprint density at radius 3 is 2.38 bits per heavy atom. The number of alkyl carbamates (subject to hydrolysis) is 1. The molecule has 0 spiro atoms. The second kappa shape index (κ2) is 12.0. The number of amides is 1. The van der Waals surface area contributed by atoms with Crippen molar-refractivity contribution in [2.45, 2.75) is 33.2 Å². The Hall–Kier alpha value is -1.89. The predicted molar refractivity (Wildman–Crippen MR) is 118 cm³/mol. The van der Waals surface area contributed by atoms with E-state index >= 15 is 0 Å². The van der Waals surface area contributed by atoms with Crippen LogP contribution in [0, 0.1) is 5.41 Å². The Kier molecular flexibility index (Phi) is 10.4. The molecule has 0 aromatic rings. The summed E-state index contributed by atoms with van der Waals surface area (Å²) in [5.41, 5.74) is 1.29. The van der Waals surface area contributed by atoms with E-state index in [-0.39, 0.29) is 12.0 Å². The van der Waals surface area contributed by atoms with E-state index in [1.807, 2.05) is 53.1 Å². The highest BCUT2D eigenvalue weighted by atomic mass is 16.6. The molecule has 0 aromatic heterocycles. The molecule has 0 bridgehead atoms. The number of hydrogen-bond acceptors (Lipinski definition) is 5. The second-order valence-electron chi connectivity index (χ2n) is 8.29. The van der Waals surface area contributed by atoms with E-state index in [0.29, 0.717) is 26.4 Å². The fraction of sp³-hybridized carbons (Fsp3) is 0.609. The first kappa shape index (κ1) is 25.1. The first-order valence-electron chi connectivity index (χ1n) is 10.1. The number of rotatable bonds is 12. The summed E-state index contributed by atoms with van der Waals surface area (Å²) in [5.74, 6) is 0. The molecular formula is C23H38N2O4. The average Bonchev–Trinajstić information content (AvgIpc) is 2.83. The van der Waals surface area contributed by atoms with Gasteiger partial charge in [-0.15, -0.1) is 0 Å². The molecule has 164 valence electrons. The summed E-state index contributed by atoms with van der Waals surface area (Å²) in [6.45, 7) is 15.2. The van der Waals surface area contributed by atoms with Crippen LogP contribution in [0.3, 0.4) is 0 Å². The topological polar surface area (TPSA) is 60.0 Å². The van der Waals surface area contributed by atoms with Crippen molar-refractivity contribution in [2.75, 3.05) is 53.7 Å². The van der Waals surface area contributed by atoms with Crippen LogP contribution in [-0.2, 0) is 14.2 Å². The molecule has 1 unspecified atom stereocenters. The van der Waals surface area contributed by atoms with Gasteiger partial charge in [-0.2, -0.15) is 0 Å². The standard InChI is InChI=1S/C23H38N2O4/c1-19(2)23(5)11-8-9-20(10-12-23)22(3,4)24-21(26)29-18-17-28-16-15-27-14-13-25(6)7/h8-12H,1,13-18H2,2-7H3,(H,24,26). The third-order valence-corrected chi connectivity index (χ3v) is 4.90. The van der Waals surface area contributed by atoms with Crippen LogP contribution in [0.5, 0.6) is 0 Å². The summed E-state index contributed by atoms with van der Waals surface area (Å²) < 4.78 is 16.1. The molecule has 1 amide bonds. The van der Waals surface area contributed by atoms with Gasteiger partial charge < -0.3 is 24.4 Å². The lowest BCUT2D eigenvalue weighted by Crippen LogP contribution is -2.45. The van der Waals surface area contributed by atoms with Gasteiger partial charge in [0.25, 0.3) is 0 Å². The average molecular weight is 407 g/mol. The molecule has 0 heterocycles. The maximum Gasteiger partial charge on any atom is 0.407 e. The summed E-state index contributed by atoms with van der Waals surface area (Å²) in [6.07, 6.45) is 9.79. The zero-order valence-electron chi connectivity index (χ0n) is 18.9. The van der Waals surface area contributed by atoms with Crippen LogP contribution in [0.4, 0.5) is 4.79 Å². The number of ether oxygens (including phenoxy) is 3. The van der Waals surface area contributed by atoms with E-state index in [1.54, 1.807) is 0 Å². The van der Waals surface area contributed by atoms with Gasteiger partial charge in [0, 0.05) is 12.0 Å². The van der Waals surface area contributed by atoms with Crippen molar-refractivity contribution in [3.63, 3.8) is 0 Å². The zero-order chi connectivity index (χ0) is 21.9. The highest BCUT2D eigenvalue weighted by Gasteiger charge is 2.27. The molecule has 1 N–H and O–H groups in total. The third kappa shape index (κ3) is 9.43. The minimum absolute atomic E-state index is 0.192. The number of nitrogens with zero attached hydrogens (tertiary/aromatic N) is 1. The van der Waals surface area contributed by atoms with E-state index in [4.69, 9.17) is 14.2 Å². The smallest absolute Gasteiger partial charge is 0.407 e. The van der Waals surface area contributed by atoms with Gasteiger partial charge in [-0.3, -0.25) is 0 Å². The molecule has 0 aromatic carbocycles. The molecular weight excluding hydrogens is 368 g/mol. The predicted octanol–water partition coefficient (Wildman–Crippen LogP) is 3.72. The van der Waals surface area contributed by atoms with Crippen molar-refractivity contribution in [1.29, 1.82) is 0 Å². The Bertz CT molecular complexity index is 635. The second-order valence-corrected chi connectivity index (χ2v) is 8.29. The lowest BCUT2D eigenvalue weighted by Gasteiger charge is -2.28. The van der Waals surface area contributed by atoms with Crippen LogP contribution >= 0.6 is 0 Å². The molecule has 1 atom stereocenters. The van der Waals surface area contributed by atoms with Crippen molar-refractivity contribution in [3.05, 3.63) is 48.1 Å². The largest absolute Gasteiger partial charge is 0.447 e. The van der Waals surface area contributed by atoms with Gasteiger partial charge in [-0.05, 0) is 47.4 Å². The molecule has 1 aliphatic carbocycles. The lowest BCUT2D eigenvalue weighted by atomic mass is 9.83. The summed E-state index contributed by atoms with van der Waals surface area (Å²) in [4.78, 5) is 14.2. The van der Waals surface area contributed by atoms with E-state index in [2.05, 4.69) is 35.9 Å². The molecule has 1 rings (SSSR count). The summed E-state index contributed by atoms with van der Waals surface area (Å²) in [7, 11) is 4.00. The van der Waals surface area contributed by atoms with Gasteiger partial charge in [0.15, 0.2) is 0 Å². The normalized spacial score (nSPS) is 19.1. The van der Waals surface area contributed by atoms with E-state index in [1.165, 1.54) is 0 Å². The molecule has 1 aliphatic rings. The number of carbonyl (C=O) groups excluding carboxylic acids is 1. The highest BCUT2D eigenvalue weighted by Crippen LogP contribution is 2.32. The number of hydrogen-bond donors (Lipinski definition) is 1. The molecule has 0 fully saturated rings. The van der Waals surface area contributed by atoms with Gasteiger partial charge in [-0.1, -0.05) is 42.5 Å². The van der Waals surface area contributed by atoms with Gasteiger partial charge in [0.05, 0.1) is 32.0 Å². The minimum atomic E-state index is -0.570. The molecule has 6 heteroatoms. The first-order valence-corrected chi connectivity index (χ1v) is 10.1. The molecule has 0 saturated carbocycles. The maximum atomic E-state index is 12.2. The van der Waals surface area contributed by atoms with Crippen LogP contribution in [0.1, 0.15) is 27.7 Å². The Morgan fingerprint density at radius 1 is 1.14 bits per heavy atom. The van der Waals surface area contributed by atoms with Crippen molar-refractivity contribution >= 4 is 6.09 Å². The molecule has 6 nitrogen and oxygen atoms in total. The van der Waals surface area contributed by atoms with Gasteiger partial charge in [0.2, 0.25) is 0 Å². The Balaban J connectivity index is 2.32. The van der Waals surface area contributed by atoms with Crippen LogP contribution in [-0.4, -0.2) is 70.2 Å². The molecule has 0 radical (unpaired) electrons. The SMILES string of the molecule is C=C(C)C1(C)C=CC=C(C(C)(C)NC(=O)OCCOCCOCCN(C)C)C=C1. The van der Waals surface area contributed by atoms with Crippen LogP contribution in [0.15, 0.2) is 48.1 Å². The van der Waals surface area contributed by atoms with Gasteiger partial charge >= 0.3 is 6.09 Å². The van der Waals surface area contributed by atoms with Crippen molar-refractivity contribution in [2.24, 2.45) is 5.41 Å². The zero-order valence-corrected chi connectivity index (χ0v) is 18.9. The quantitative estimate of drug-likeness (QED) is 0.395. The molecule has 0 saturated heterocycles. The van der Waals surface area contributed by atoms with Crippen molar-refractivity contribution in [3.8, 4) is 0 Å². The molecule has 0 aliphatic heterocycles. The Morgan fingerprint density at radius 2 is 1.76 bits per heavy atom. The van der Waals surface area contributed by atoms with E-state index in [9.17, 15) is 4.79 Å². The fourth-order valence-electron chi connectivity index (χ4n) is 2.55. The minimum Gasteiger partial charge on any atom is -0.447 e. The number of allylic oxidation sites excluding steroid dienone is 5. The van der Waals surface area contributed by atoms with Crippen molar-refractivity contribution < 1.29 is 19.0 Å². The van der Waals surface area contributed by atoms with Crippen molar-refractivity contribution in [1.82, 2.24) is 10.2 Å². The monoisotopic (exact) mass is 406 g/mol. The first-order chi connectivity index (χ1) is 13.6. The van der Waals surface area contributed by atoms with E-state index in [0.717, 1.165) is 17.7 Å². The summed E-state index contributed by atoms with van der Waals surface area (Å²) >= 11 is 0. The number of likely N-dealkylation sites (N-methyl/N-ethyl adjacent to an activating group) is 1. The van der Waals surface area contributed by atoms with Gasteiger partial charge in [-0.25, -0.2) is 4.79 Å². The molecule has 29 heavy (non-hydrogen) atoms. The highest BCUT2D eigenvalue weighted by molar-refractivity contribution is 5.69. The van der Waals surface area contributed by atoms with Crippen LogP contribution in [0.25, 0.3) is 0 Å². The Labute approximate surface area is 176 Å². The van der Waals surface area contributed by atoms with Crippen LogP contribution in [0.2, 0.25) is 0 Å². The van der Waals surface area contributed by atoms with E-state index < -0.39 is 11.6 Å². The van der Waals surface area contributed by atoms with Gasteiger partial charge in [0.1, 0.15) is 6.61 Å². The number of nitrogens with one attached hydrogen (secondary N) is 1. The fourth-order valence-corrected chi connectivity index (χ4v) is 2.55. The number of carbonyl (C=O) groups is 1. The third-order valence-electron chi connectivity index (χ3n) is 4.90. The summed E-state index contributed by atoms with van der Waals surface area (Å²) in [6, 6.07) is 0. The summed E-state index contributed by atoms with van der Waals surface area (Å²) in [5, 5.41) is 2.92. The maximum absolute atomic E-state index is 12.2. The van der Waals surface area contributed by atoms with Crippen LogP contribution < -0.4 is 5.32 Å². The lowest BCUT2D eigenvalue weighted by molar-refractivity contribution is 0.0244.